The topological polar surface area (TPSA) is 108 Å². The molecule has 2 saturated carbocycles. The molecule has 204 valence electrons. The molecule has 0 atom stereocenters. The Hall–Kier alpha value is -4.09. The zero-order valence-electron chi connectivity index (χ0n) is 20.7. The number of carboxylic acids is 1. The van der Waals surface area contributed by atoms with Crippen molar-refractivity contribution in [3.63, 3.8) is 0 Å². The van der Waals surface area contributed by atoms with Crippen LogP contribution in [-0.4, -0.2) is 44.7 Å². The Morgan fingerprint density at radius 2 is 1.72 bits per heavy atom. The molecule has 0 unspecified atom stereocenters. The van der Waals surface area contributed by atoms with E-state index in [1.807, 2.05) is 18.3 Å². The van der Waals surface area contributed by atoms with Crippen molar-refractivity contribution >= 4 is 23.4 Å². The molecule has 2 aromatic heterocycles. The molecule has 2 fully saturated rings. The molecule has 0 radical (unpaired) electrons. The monoisotopic (exact) mass is 543 g/mol. The molecule has 39 heavy (non-hydrogen) atoms. The molecule has 3 aromatic rings. The van der Waals surface area contributed by atoms with E-state index in [2.05, 4.69) is 21.3 Å². The van der Waals surface area contributed by atoms with Crippen LogP contribution in [-0.2, 0) is 16.8 Å². The van der Waals surface area contributed by atoms with Gasteiger partial charge in [-0.15, -0.1) is 0 Å². The van der Waals surface area contributed by atoms with Gasteiger partial charge in [0.25, 0.3) is 5.91 Å². The molecule has 1 aromatic carbocycles. The zero-order chi connectivity index (χ0) is 27.8. The van der Waals surface area contributed by atoms with E-state index in [9.17, 15) is 22.4 Å². The Labute approximate surface area is 221 Å². The number of nitrogens with zero attached hydrogens (tertiary/aromatic N) is 4. The first-order valence-corrected chi connectivity index (χ1v) is 12.5. The van der Waals surface area contributed by atoms with E-state index in [1.165, 1.54) is 37.1 Å². The normalized spacial score (nSPS) is 17.4. The van der Waals surface area contributed by atoms with Gasteiger partial charge in [-0.05, 0) is 81.0 Å². The zero-order valence-corrected chi connectivity index (χ0v) is 20.7. The fourth-order valence-electron chi connectivity index (χ4n) is 4.47. The highest BCUT2D eigenvalue weighted by Gasteiger charge is 2.47. The highest BCUT2D eigenvalue weighted by Crippen LogP contribution is 2.46. The standard InChI is InChI=1S/C25H24FN5O.C2HF3O2/c26-18-7-5-17(6-8-18)24(32)30-25(12-13-25)21-10-9-20-19(28-21)2-1-15-31(20)22-11-14-27-23(29-22)16-3-4-16;3-2(4,5)1(6)7/h5-11,14,16H,1-4,12-13,15H2,(H,30,32);(H,6,7). The number of anilines is 2. The summed E-state index contributed by atoms with van der Waals surface area (Å²) in [6.07, 6.45) is 2.74. The smallest absolute Gasteiger partial charge is 0.475 e. The van der Waals surface area contributed by atoms with Crippen molar-refractivity contribution in [1.82, 2.24) is 20.3 Å². The number of aliphatic carboxylic acids is 1. The lowest BCUT2D eigenvalue weighted by atomic mass is 10.0. The lowest BCUT2D eigenvalue weighted by molar-refractivity contribution is -0.192. The summed E-state index contributed by atoms with van der Waals surface area (Å²) >= 11 is 0. The molecule has 0 saturated heterocycles. The predicted octanol–water partition coefficient (Wildman–Crippen LogP) is 5.02. The highest BCUT2D eigenvalue weighted by atomic mass is 19.4. The molecule has 2 aliphatic carbocycles. The van der Waals surface area contributed by atoms with Gasteiger partial charge in [-0.1, -0.05) is 0 Å². The van der Waals surface area contributed by atoms with E-state index >= 15 is 0 Å². The summed E-state index contributed by atoms with van der Waals surface area (Å²) in [6.45, 7) is 0.904. The summed E-state index contributed by atoms with van der Waals surface area (Å²) in [7, 11) is 0. The third kappa shape index (κ3) is 5.99. The number of carbonyl (C=O) groups excluding carboxylic acids is 1. The summed E-state index contributed by atoms with van der Waals surface area (Å²) in [5.41, 5.74) is 3.05. The van der Waals surface area contributed by atoms with Crippen LogP contribution in [0.2, 0.25) is 0 Å². The van der Waals surface area contributed by atoms with E-state index < -0.39 is 17.7 Å². The van der Waals surface area contributed by atoms with Crippen molar-refractivity contribution in [2.45, 2.75) is 56.2 Å². The lowest BCUT2D eigenvalue weighted by Gasteiger charge is -2.31. The Morgan fingerprint density at radius 1 is 1.03 bits per heavy atom. The summed E-state index contributed by atoms with van der Waals surface area (Å²) in [4.78, 5) is 38.1. The van der Waals surface area contributed by atoms with E-state index in [-0.39, 0.29) is 11.7 Å². The van der Waals surface area contributed by atoms with Gasteiger partial charge < -0.3 is 15.3 Å². The second-order valence-electron chi connectivity index (χ2n) is 9.81. The Bertz CT molecular complexity index is 1390. The van der Waals surface area contributed by atoms with Crippen LogP contribution in [0.25, 0.3) is 0 Å². The minimum Gasteiger partial charge on any atom is -0.475 e. The van der Waals surface area contributed by atoms with Gasteiger partial charge in [0.15, 0.2) is 0 Å². The van der Waals surface area contributed by atoms with Crippen molar-refractivity contribution in [1.29, 1.82) is 0 Å². The first-order chi connectivity index (χ1) is 18.6. The van der Waals surface area contributed by atoms with E-state index in [4.69, 9.17) is 19.9 Å². The summed E-state index contributed by atoms with van der Waals surface area (Å²) in [6, 6.07) is 11.7. The highest BCUT2D eigenvalue weighted by molar-refractivity contribution is 5.95. The van der Waals surface area contributed by atoms with Crippen LogP contribution in [0.4, 0.5) is 29.1 Å². The van der Waals surface area contributed by atoms with Gasteiger partial charge in [-0.2, -0.15) is 13.2 Å². The number of aromatic nitrogens is 3. The largest absolute Gasteiger partial charge is 0.490 e. The summed E-state index contributed by atoms with van der Waals surface area (Å²) in [5.74, 6) is -0.914. The van der Waals surface area contributed by atoms with Gasteiger partial charge in [-0.3, -0.25) is 9.78 Å². The molecule has 6 rings (SSSR count). The van der Waals surface area contributed by atoms with Crippen molar-refractivity contribution < 1.29 is 32.3 Å². The predicted molar refractivity (Wildman–Crippen MR) is 132 cm³/mol. The number of carbonyl (C=O) groups is 2. The fraction of sp³-hybridized carbons (Fsp3) is 0.370. The SMILES string of the molecule is O=C(NC1(c2ccc3c(n2)CCCN3c2ccnc(C3CC3)n2)CC1)c1ccc(F)cc1.O=C(O)C(F)(F)F. The van der Waals surface area contributed by atoms with Crippen LogP contribution in [0.15, 0.2) is 48.7 Å². The number of benzene rings is 1. The number of hydrogen-bond donors (Lipinski definition) is 2. The third-order valence-electron chi connectivity index (χ3n) is 6.86. The average Bonchev–Trinajstić information content (AvgIpc) is 3.84. The van der Waals surface area contributed by atoms with Gasteiger partial charge in [0, 0.05) is 24.2 Å². The van der Waals surface area contributed by atoms with Crippen molar-refractivity contribution in [2.75, 3.05) is 11.4 Å². The molecule has 2 N–H and O–H groups in total. The number of alkyl halides is 3. The number of pyridine rings is 1. The van der Waals surface area contributed by atoms with Crippen molar-refractivity contribution in [3.8, 4) is 0 Å². The van der Waals surface area contributed by atoms with E-state index in [1.54, 1.807) is 0 Å². The Morgan fingerprint density at radius 3 is 2.33 bits per heavy atom. The quantitative estimate of drug-likeness (QED) is 0.435. The maximum atomic E-state index is 13.2. The summed E-state index contributed by atoms with van der Waals surface area (Å²) < 4.78 is 44.9. The molecule has 1 aliphatic heterocycles. The molecule has 3 aliphatic rings. The first kappa shape index (κ1) is 26.5. The van der Waals surface area contributed by atoms with Crippen LogP contribution >= 0.6 is 0 Å². The lowest BCUT2D eigenvalue weighted by Crippen LogP contribution is -2.36. The maximum Gasteiger partial charge on any atom is 0.490 e. The van der Waals surface area contributed by atoms with Gasteiger partial charge in [0.05, 0.1) is 22.6 Å². The van der Waals surface area contributed by atoms with Crippen molar-refractivity contribution in [3.05, 3.63) is 77.3 Å². The van der Waals surface area contributed by atoms with Crippen LogP contribution in [0.5, 0.6) is 0 Å². The molecular weight excluding hydrogens is 518 g/mol. The van der Waals surface area contributed by atoms with Gasteiger partial charge >= 0.3 is 12.1 Å². The molecule has 1 amide bonds. The Balaban J connectivity index is 0.000000392. The van der Waals surface area contributed by atoms with E-state index in [0.29, 0.717) is 11.5 Å². The molecule has 12 heteroatoms. The van der Waals surface area contributed by atoms with Gasteiger partial charge in [0.2, 0.25) is 0 Å². The van der Waals surface area contributed by atoms with Crippen LogP contribution in [0.1, 0.15) is 65.6 Å². The number of carboxylic acid groups (broad SMARTS) is 1. The number of rotatable bonds is 5. The number of hydrogen-bond acceptors (Lipinski definition) is 6. The van der Waals surface area contributed by atoms with Gasteiger partial charge in [0.1, 0.15) is 17.5 Å². The van der Waals surface area contributed by atoms with Crippen LogP contribution in [0.3, 0.4) is 0 Å². The fourth-order valence-corrected chi connectivity index (χ4v) is 4.47. The number of amides is 1. The minimum absolute atomic E-state index is 0.197. The van der Waals surface area contributed by atoms with Crippen LogP contribution in [0, 0.1) is 5.82 Å². The number of nitrogens with one attached hydrogen (secondary N) is 1. The maximum absolute atomic E-state index is 13.2. The average molecular weight is 544 g/mol. The number of aryl methyl sites for hydroxylation is 1. The van der Waals surface area contributed by atoms with E-state index in [0.717, 1.165) is 60.9 Å². The van der Waals surface area contributed by atoms with Crippen LogP contribution < -0.4 is 10.2 Å². The second-order valence-corrected chi connectivity index (χ2v) is 9.81. The first-order valence-electron chi connectivity index (χ1n) is 12.5. The molecule has 0 spiro atoms. The second kappa shape index (κ2) is 10.2. The number of halogens is 4. The number of fused-ring (bicyclic) bond motifs is 1. The van der Waals surface area contributed by atoms with Gasteiger partial charge in [-0.25, -0.2) is 19.2 Å². The Kier molecular flexibility index (Phi) is 6.96. The van der Waals surface area contributed by atoms with Crippen molar-refractivity contribution in [2.24, 2.45) is 0 Å². The molecule has 3 heterocycles. The summed E-state index contributed by atoms with van der Waals surface area (Å²) in [5, 5.41) is 10.3. The molecule has 8 nitrogen and oxygen atoms in total. The third-order valence-corrected chi connectivity index (χ3v) is 6.86. The minimum atomic E-state index is -5.08. The molecular formula is C27H25F4N5O3. The molecule has 0 bridgehead atoms.